The number of hydrogen-bond acceptors (Lipinski definition) is 7. The van der Waals surface area contributed by atoms with Gasteiger partial charge in [-0.15, -0.1) is 0 Å². The van der Waals surface area contributed by atoms with E-state index in [1.807, 2.05) is 4.90 Å². The van der Waals surface area contributed by atoms with Crippen molar-refractivity contribution in [3.05, 3.63) is 28.8 Å². The molecule has 0 saturated carbocycles. The van der Waals surface area contributed by atoms with E-state index in [0.717, 1.165) is 15.6 Å². The third kappa shape index (κ3) is 3.76. The summed E-state index contributed by atoms with van der Waals surface area (Å²) in [5.41, 5.74) is 1.98. The number of aliphatic hydroxyl groups excluding tert-OH is 1. The molecule has 0 aromatic carbocycles. The van der Waals surface area contributed by atoms with Gasteiger partial charge in [-0.25, -0.2) is 18.4 Å². The number of pyridine rings is 1. The molecule has 1 aromatic heterocycles. The zero-order valence-corrected chi connectivity index (χ0v) is 16.4. The van der Waals surface area contributed by atoms with Crippen molar-refractivity contribution in [1.29, 1.82) is 0 Å². The first-order chi connectivity index (χ1) is 13.6. The minimum atomic E-state index is -4.53. The Labute approximate surface area is 165 Å². The summed E-state index contributed by atoms with van der Waals surface area (Å²) < 4.78 is 63.3. The molecule has 3 aliphatic heterocycles. The first-order valence-electron chi connectivity index (χ1n) is 9.19. The standard InChI is InChI=1S/C17H20F3N5O3S/c1-10(26)16-23-13-8-22-15-12(2-5-21-15)14(13)25(16)11-3-6-24(9-11)29(27,28)7-4-17(18,19)20/h2,5,8,10-11,16,26H,3-4,6-7,9H2,1H3/t10?,11-,16?/m0/s1. The fourth-order valence-electron chi connectivity index (χ4n) is 3.94. The summed E-state index contributed by atoms with van der Waals surface area (Å²) in [5, 5.41) is 10.8. The number of alkyl halides is 3. The number of rotatable bonds is 5. The Balaban J connectivity index is 1.61. The van der Waals surface area contributed by atoms with Crippen molar-refractivity contribution < 1.29 is 26.7 Å². The topological polar surface area (TPSA) is 98.5 Å². The Morgan fingerprint density at radius 2 is 2.14 bits per heavy atom. The molecule has 1 fully saturated rings. The van der Waals surface area contributed by atoms with Crippen molar-refractivity contribution in [1.82, 2.24) is 9.29 Å². The molecule has 4 heterocycles. The van der Waals surface area contributed by atoms with Crippen LogP contribution in [-0.2, 0) is 10.0 Å². The van der Waals surface area contributed by atoms with Crippen molar-refractivity contribution in [2.45, 2.75) is 44.3 Å². The average molecular weight is 431 g/mol. The molecule has 12 heteroatoms. The van der Waals surface area contributed by atoms with E-state index in [1.165, 1.54) is 0 Å². The number of aromatic nitrogens is 1. The smallest absolute Gasteiger partial charge is 0.389 e. The molecule has 29 heavy (non-hydrogen) atoms. The molecule has 3 atom stereocenters. The van der Waals surface area contributed by atoms with Gasteiger partial charge in [-0.2, -0.15) is 17.5 Å². The van der Waals surface area contributed by atoms with Crippen LogP contribution >= 0.6 is 0 Å². The van der Waals surface area contributed by atoms with Crippen LogP contribution in [0.1, 0.15) is 25.3 Å². The maximum atomic E-state index is 12.5. The lowest BCUT2D eigenvalue weighted by atomic mass is 10.1. The number of nitrogens with zero attached hydrogens (tertiary/aromatic N) is 5. The third-order valence-corrected chi connectivity index (χ3v) is 7.13. The average Bonchev–Trinajstić information content (AvgIpc) is 3.34. The Kier molecular flexibility index (Phi) is 4.90. The van der Waals surface area contributed by atoms with Gasteiger partial charge in [0.1, 0.15) is 11.5 Å². The minimum Gasteiger partial charge on any atom is -0.389 e. The van der Waals surface area contributed by atoms with E-state index in [1.54, 1.807) is 25.4 Å². The Morgan fingerprint density at radius 3 is 2.83 bits per heavy atom. The highest BCUT2D eigenvalue weighted by atomic mass is 32.2. The van der Waals surface area contributed by atoms with Crippen LogP contribution in [0.4, 0.5) is 18.9 Å². The largest absolute Gasteiger partial charge is 0.390 e. The van der Waals surface area contributed by atoms with Crippen LogP contribution in [-0.4, -0.2) is 66.1 Å². The summed E-state index contributed by atoms with van der Waals surface area (Å²) >= 11 is 0. The second-order valence-corrected chi connectivity index (χ2v) is 9.43. The van der Waals surface area contributed by atoms with Gasteiger partial charge < -0.3 is 10.0 Å². The van der Waals surface area contributed by atoms with Crippen LogP contribution in [0.2, 0.25) is 0 Å². The molecule has 158 valence electrons. The lowest BCUT2D eigenvalue weighted by Crippen LogP contribution is -2.48. The van der Waals surface area contributed by atoms with Crippen molar-refractivity contribution in [2.75, 3.05) is 23.7 Å². The van der Waals surface area contributed by atoms with Gasteiger partial charge in [0.2, 0.25) is 10.0 Å². The Morgan fingerprint density at radius 1 is 1.38 bits per heavy atom. The molecule has 3 aliphatic rings. The summed E-state index contributed by atoms with van der Waals surface area (Å²) in [6.07, 6.45) is -2.00. The molecular weight excluding hydrogens is 411 g/mol. The molecule has 0 amide bonds. The van der Waals surface area contributed by atoms with E-state index in [9.17, 15) is 26.7 Å². The second kappa shape index (κ2) is 7.03. The highest BCUT2D eigenvalue weighted by molar-refractivity contribution is 7.89. The quantitative estimate of drug-likeness (QED) is 0.718. The number of halogens is 3. The molecule has 2 unspecified atom stereocenters. The van der Waals surface area contributed by atoms with E-state index in [-0.39, 0.29) is 19.1 Å². The maximum absolute atomic E-state index is 12.5. The normalized spacial score (nSPS) is 24.9. The zero-order chi connectivity index (χ0) is 21.0. The molecule has 1 N–H and O–H groups in total. The zero-order valence-electron chi connectivity index (χ0n) is 15.5. The van der Waals surface area contributed by atoms with Crippen molar-refractivity contribution in [2.24, 2.45) is 9.98 Å². The van der Waals surface area contributed by atoms with E-state index in [2.05, 4.69) is 15.0 Å². The van der Waals surface area contributed by atoms with Crippen LogP contribution in [0.15, 0.2) is 22.4 Å². The van der Waals surface area contributed by atoms with Crippen LogP contribution in [0.3, 0.4) is 0 Å². The summed E-state index contributed by atoms with van der Waals surface area (Å²) in [7, 11) is -4.03. The summed E-state index contributed by atoms with van der Waals surface area (Å²) in [5.74, 6) is -0.967. The number of aliphatic hydroxyl groups is 1. The van der Waals surface area contributed by atoms with E-state index in [4.69, 9.17) is 0 Å². The van der Waals surface area contributed by atoms with Gasteiger partial charge in [-0.1, -0.05) is 0 Å². The molecular formula is C17H20F3N5O3S. The highest BCUT2D eigenvalue weighted by Gasteiger charge is 2.42. The number of sulfonamides is 1. The number of fused-ring (bicyclic) bond motifs is 3. The van der Waals surface area contributed by atoms with E-state index < -0.39 is 40.6 Å². The van der Waals surface area contributed by atoms with Crippen LogP contribution in [0.25, 0.3) is 6.08 Å². The molecule has 1 aromatic rings. The molecule has 8 nitrogen and oxygen atoms in total. The molecule has 0 aliphatic carbocycles. The fourth-order valence-corrected chi connectivity index (χ4v) is 5.47. The SMILES string of the molecule is CC(O)C1N=c2cnc3c(c2N1[C@H]1CCN(S(=O)(=O)CCC(F)(F)F)C1)C=CN=3. The van der Waals surface area contributed by atoms with Gasteiger partial charge in [0.25, 0.3) is 0 Å². The number of anilines is 1. The van der Waals surface area contributed by atoms with Gasteiger partial charge >= 0.3 is 6.18 Å². The second-order valence-electron chi connectivity index (χ2n) is 7.35. The molecule has 0 bridgehead atoms. The first kappa shape index (κ1) is 20.2. The summed E-state index contributed by atoms with van der Waals surface area (Å²) in [6.45, 7) is 1.75. The van der Waals surface area contributed by atoms with Gasteiger partial charge in [-0.05, 0) is 19.4 Å². The number of hydrogen-bond donors (Lipinski definition) is 1. The lowest BCUT2D eigenvalue weighted by Gasteiger charge is -2.34. The van der Waals surface area contributed by atoms with Gasteiger partial charge in [0.15, 0.2) is 5.49 Å². The Hall–Kier alpha value is -2.05. The van der Waals surface area contributed by atoms with E-state index >= 15 is 0 Å². The van der Waals surface area contributed by atoms with E-state index in [0.29, 0.717) is 17.3 Å². The predicted molar refractivity (Wildman–Crippen MR) is 98.0 cm³/mol. The van der Waals surface area contributed by atoms with Crippen molar-refractivity contribution in [3.63, 3.8) is 0 Å². The molecule has 0 spiro atoms. The summed E-state index contributed by atoms with van der Waals surface area (Å²) in [6, 6.07) is -0.333. The van der Waals surface area contributed by atoms with Crippen molar-refractivity contribution >= 4 is 21.8 Å². The maximum Gasteiger partial charge on any atom is 0.390 e. The van der Waals surface area contributed by atoms with Crippen LogP contribution < -0.4 is 15.7 Å². The van der Waals surface area contributed by atoms with Crippen LogP contribution in [0, 0.1) is 0 Å². The minimum absolute atomic E-state index is 0.0380. The monoisotopic (exact) mass is 431 g/mol. The first-order valence-corrected chi connectivity index (χ1v) is 10.8. The van der Waals surface area contributed by atoms with Gasteiger partial charge in [0.05, 0.1) is 30.2 Å². The summed E-state index contributed by atoms with van der Waals surface area (Å²) in [4.78, 5) is 14.8. The van der Waals surface area contributed by atoms with Crippen molar-refractivity contribution in [3.8, 4) is 0 Å². The fraction of sp³-hybridized carbons (Fsp3) is 0.588. The van der Waals surface area contributed by atoms with Gasteiger partial charge in [0, 0.05) is 30.9 Å². The molecule has 0 radical (unpaired) electrons. The molecule has 4 rings (SSSR count). The lowest BCUT2D eigenvalue weighted by molar-refractivity contribution is -0.130. The molecule has 1 saturated heterocycles. The Bertz CT molecular complexity index is 1070. The third-order valence-electron chi connectivity index (χ3n) is 5.29. The van der Waals surface area contributed by atoms with Gasteiger partial charge in [-0.3, -0.25) is 4.99 Å². The highest BCUT2D eigenvalue weighted by Crippen LogP contribution is 2.32. The predicted octanol–water partition coefficient (Wildman–Crippen LogP) is 0.188. The van der Waals surface area contributed by atoms with Crippen LogP contribution in [0.5, 0.6) is 0 Å².